The summed E-state index contributed by atoms with van der Waals surface area (Å²) in [5.74, 6) is -0.701. The number of benzene rings is 3. The SMILES string of the molecule is CCCNC(=O)[C@H](CC)N(Cc1ccc(C)cc1)C(=O)CN(c1cccc(C)c1)S(=O)(=O)c1ccccc1. The van der Waals surface area contributed by atoms with Crippen molar-refractivity contribution in [3.8, 4) is 0 Å². The number of aryl methyl sites for hydroxylation is 2. The molecule has 0 aliphatic rings. The Hall–Kier alpha value is -3.65. The fourth-order valence-corrected chi connectivity index (χ4v) is 5.63. The number of hydrogen-bond acceptors (Lipinski definition) is 4. The molecule has 0 aromatic heterocycles. The zero-order chi connectivity index (χ0) is 27.7. The molecule has 3 rings (SSSR count). The lowest BCUT2D eigenvalue weighted by Crippen LogP contribution is -2.52. The summed E-state index contributed by atoms with van der Waals surface area (Å²) in [6, 6.07) is 22.1. The van der Waals surface area contributed by atoms with E-state index in [0.717, 1.165) is 27.4 Å². The van der Waals surface area contributed by atoms with Crippen molar-refractivity contribution in [1.82, 2.24) is 10.2 Å². The number of nitrogens with zero attached hydrogens (tertiary/aromatic N) is 2. The minimum absolute atomic E-state index is 0.0899. The molecule has 0 fully saturated rings. The van der Waals surface area contributed by atoms with Gasteiger partial charge in [0.05, 0.1) is 10.6 Å². The van der Waals surface area contributed by atoms with Crippen LogP contribution in [0.3, 0.4) is 0 Å². The van der Waals surface area contributed by atoms with Gasteiger partial charge in [0.1, 0.15) is 12.6 Å². The van der Waals surface area contributed by atoms with E-state index in [2.05, 4.69) is 5.32 Å². The highest BCUT2D eigenvalue weighted by Gasteiger charge is 2.33. The summed E-state index contributed by atoms with van der Waals surface area (Å²) in [6.07, 6.45) is 1.16. The third-order valence-corrected chi connectivity index (χ3v) is 8.10. The van der Waals surface area contributed by atoms with Crippen LogP contribution < -0.4 is 9.62 Å². The van der Waals surface area contributed by atoms with Crippen LogP contribution in [0.1, 0.15) is 43.4 Å². The van der Waals surface area contributed by atoms with Crippen molar-refractivity contribution >= 4 is 27.5 Å². The maximum atomic E-state index is 14.0. The Labute approximate surface area is 226 Å². The maximum Gasteiger partial charge on any atom is 0.264 e. The Morgan fingerprint density at radius 2 is 1.55 bits per heavy atom. The lowest BCUT2D eigenvalue weighted by Gasteiger charge is -2.33. The summed E-state index contributed by atoms with van der Waals surface area (Å²) < 4.78 is 28.7. The van der Waals surface area contributed by atoms with Crippen molar-refractivity contribution in [3.05, 3.63) is 95.6 Å². The lowest BCUT2D eigenvalue weighted by atomic mass is 10.1. The fraction of sp³-hybridized carbons (Fsp3) is 0.333. The first kappa shape index (κ1) is 28.9. The fourth-order valence-electron chi connectivity index (χ4n) is 4.21. The first-order valence-corrected chi connectivity index (χ1v) is 14.4. The minimum Gasteiger partial charge on any atom is -0.354 e. The molecule has 0 aliphatic heterocycles. The first-order valence-electron chi connectivity index (χ1n) is 12.9. The van der Waals surface area contributed by atoms with Crippen LogP contribution in [0.4, 0.5) is 5.69 Å². The number of nitrogens with one attached hydrogen (secondary N) is 1. The Bertz CT molecular complexity index is 1330. The zero-order valence-electron chi connectivity index (χ0n) is 22.6. The van der Waals surface area contributed by atoms with Crippen LogP contribution in [0.2, 0.25) is 0 Å². The molecule has 7 nitrogen and oxygen atoms in total. The van der Waals surface area contributed by atoms with E-state index in [1.807, 2.05) is 58.0 Å². The van der Waals surface area contributed by atoms with Crippen LogP contribution in [-0.2, 0) is 26.2 Å². The van der Waals surface area contributed by atoms with Crippen LogP contribution in [0.25, 0.3) is 0 Å². The Balaban J connectivity index is 2.03. The molecule has 8 heteroatoms. The van der Waals surface area contributed by atoms with Crippen molar-refractivity contribution in [1.29, 1.82) is 0 Å². The number of sulfonamides is 1. The normalized spacial score (nSPS) is 12.0. The van der Waals surface area contributed by atoms with E-state index < -0.39 is 28.5 Å². The van der Waals surface area contributed by atoms with Crippen LogP contribution in [0, 0.1) is 13.8 Å². The van der Waals surface area contributed by atoms with Crippen molar-refractivity contribution in [2.24, 2.45) is 0 Å². The second-order valence-corrected chi connectivity index (χ2v) is 11.2. The molecule has 1 atom stereocenters. The molecule has 0 radical (unpaired) electrons. The van der Waals surface area contributed by atoms with Crippen molar-refractivity contribution in [2.45, 2.75) is 58.0 Å². The van der Waals surface area contributed by atoms with Gasteiger partial charge in [0.2, 0.25) is 11.8 Å². The second kappa shape index (κ2) is 13.2. The molecular weight excluding hydrogens is 498 g/mol. The van der Waals surface area contributed by atoms with Crippen LogP contribution in [-0.4, -0.2) is 44.3 Å². The van der Waals surface area contributed by atoms with E-state index in [0.29, 0.717) is 18.7 Å². The van der Waals surface area contributed by atoms with Gasteiger partial charge in [-0.05, 0) is 62.1 Å². The number of carbonyl (C=O) groups is 2. The largest absolute Gasteiger partial charge is 0.354 e. The molecule has 38 heavy (non-hydrogen) atoms. The molecule has 0 saturated carbocycles. The molecular formula is C30H37N3O4S. The number of rotatable bonds is 12. The topological polar surface area (TPSA) is 86.8 Å². The molecule has 0 heterocycles. The Kier molecular flexibility index (Phi) is 10.1. The summed E-state index contributed by atoms with van der Waals surface area (Å²) in [7, 11) is -4.06. The summed E-state index contributed by atoms with van der Waals surface area (Å²) >= 11 is 0. The van der Waals surface area contributed by atoms with Crippen molar-refractivity contribution in [3.63, 3.8) is 0 Å². The third-order valence-electron chi connectivity index (χ3n) is 6.31. The molecule has 3 aromatic rings. The van der Waals surface area contributed by atoms with Gasteiger partial charge < -0.3 is 10.2 Å². The summed E-state index contributed by atoms with van der Waals surface area (Å²) in [5.41, 5.74) is 3.20. The maximum absolute atomic E-state index is 14.0. The number of amides is 2. The number of hydrogen-bond donors (Lipinski definition) is 1. The molecule has 0 bridgehead atoms. The van der Waals surface area contributed by atoms with E-state index >= 15 is 0 Å². The lowest BCUT2D eigenvalue weighted by molar-refractivity contribution is -0.140. The highest BCUT2D eigenvalue weighted by molar-refractivity contribution is 7.92. The van der Waals surface area contributed by atoms with Gasteiger partial charge in [-0.25, -0.2) is 8.42 Å². The quantitative estimate of drug-likeness (QED) is 0.360. The van der Waals surface area contributed by atoms with E-state index in [1.54, 1.807) is 36.4 Å². The highest BCUT2D eigenvalue weighted by Crippen LogP contribution is 2.25. The molecule has 202 valence electrons. The number of anilines is 1. The molecule has 0 saturated heterocycles. The smallest absolute Gasteiger partial charge is 0.264 e. The number of carbonyl (C=O) groups excluding carboxylic acids is 2. The van der Waals surface area contributed by atoms with Gasteiger partial charge in [0, 0.05) is 13.1 Å². The molecule has 1 N–H and O–H groups in total. The summed E-state index contributed by atoms with van der Waals surface area (Å²) in [4.78, 5) is 28.7. The average Bonchev–Trinajstić information content (AvgIpc) is 2.91. The van der Waals surface area contributed by atoms with E-state index in [9.17, 15) is 18.0 Å². The van der Waals surface area contributed by atoms with Crippen molar-refractivity contribution in [2.75, 3.05) is 17.4 Å². The summed E-state index contributed by atoms with van der Waals surface area (Å²) in [5, 5.41) is 2.90. The van der Waals surface area contributed by atoms with Crippen molar-refractivity contribution < 1.29 is 18.0 Å². The van der Waals surface area contributed by atoms with Gasteiger partial charge in [-0.3, -0.25) is 13.9 Å². The second-order valence-electron chi connectivity index (χ2n) is 9.39. The molecule has 0 unspecified atom stereocenters. The Morgan fingerprint density at radius 1 is 0.868 bits per heavy atom. The average molecular weight is 536 g/mol. The minimum atomic E-state index is -4.06. The van der Waals surface area contributed by atoms with Gasteiger partial charge in [-0.15, -0.1) is 0 Å². The van der Waals surface area contributed by atoms with E-state index in [4.69, 9.17) is 0 Å². The predicted molar refractivity (Wildman–Crippen MR) is 151 cm³/mol. The summed E-state index contributed by atoms with van der Waals surface area (Å²) in [6.45, 7) is 7.91. The monoisotopic (exact) mass is 535 g/mol. The Morgan fingerprint density at radius 3 is 2.16 bits per heavy atom. The van der Waals surface area contributed by atoms with E-state index in [-0.39, 0.29) is 17.3 Å². The standard InChI is InChI=1S/C30H37N3O4S/c1-5-19-31-30(35)28(6-2)32(21-25-17-15-23(3)16-18-25)29(34)22-33(26-12-10-11-24(4)20-26)38(36,37)27-13-8-7-9-14-27/h7-18,20,28H,5-6,19,21-22H2,1-4H3,(H,31,35)/t28-/m0/s1. The first-order chi connectivity index (χ1) is 18.2. The zero-order valence-corrected chi connectivity index (χ0v) is 23.4. The van der Waals surface area contributed by atoms with E-state index in [1.165, 1.54) is 17.0 Å². The van der Waals surface area contributed by atoms with Crippen LogP contribution in [0.15, 0.2) is 83.8 Å². The molecule has 0 spiro atoms. The molecule has 3 aromatic carbocycles. The molecule has 0 aliphatic carbocycles. The van der Waals surface area contributed by atoms with Gasteiger partial charge in [0.25, 0.3) is 10.0 Å². The predicted octanol–water partition coefficient (Wildman–Crippen LogP) is 4.83. The van der Waals surface area contributed by atoms with Crippen LogP contribution >= 0.6 is 0 Å². The van der Waals surface area contributed by atoms with Gasteiger partial charge in [-0.1, -0.05) is 74.0 Å². The van der Waals surface area contributed by atoms with Gasteiger partial charge in [-0.2, -0.15) is 0 Å². The van der Waals surface area contributed by atoms with Gasteiger partial charge >= 0.3 is 0 Å². The third kappa shape index (κ3) is 7.22. The van der Waals surface area contributed by atoms with Gasteiger partial charge in [0.15, 0.2) is 0 Å². The van der Waals surface area contributed by atoms with Crippen LogP contribution in [0.5, 0.6) is 0 Å². The molecule has 2 amide bonds. The highest BCUT2D eigenvalue weighted by atomic mass is 32.2.